The van der Waals surface area contributed by atoms with E-state index in [4.69, 9.17) is 0 Å². The van der Waals surface area contributed by atoms with Gasteiger partial charge in [0.05, 0.1) is 22.2 Å². The van der Waals surface area contributed by atoms with Crippen molar-refractivity contribution < 1.29 is 22.9 Å². The predicted molar refractivity (Wildman–Crippen MR) is 114 cm³/mol. The second-order valence-corrected chi connectivity index (χ2v) is 8.06. The molecule has 2 aromatic heterocycles. The largest absolute Gasteiger partial charge is 0.416 e. The van der Waals surface area contributed by atoms with Gasteiger partial charge in [0.25, 0.3) is 11.6 Å². The Balaban J connectivity index is 1.49. The molecule has 174 valence electrons. The second-order valence-electron chi connectivity index (χ2n) is 8.06. The zero-order valence-corrected chi connectivity index (χ0v) is 17.9. The van der Waals surface area contributed by atoms with Crippen LogP contribution in [0.5, 0.6) is 0 Å². The maximum Gasteiger partial charge on any atom is 0.416 e. The number of halogens is 3. The van der Waals surface area contributed by atoms with Crippen LogP contribution in [0.4, 0.5) is 24.5 Å². The molecular formula is C21H21F3N6O3. The Morgan fingerprint density at radius 3 is 2.42 bits per heavy atom. The highest BCUT2D eigenvalue weighted by Crippen LogP contribution is 2.36. The van der Waals surface area contributed by atoms with Gasteiger partial charge in [0, 0.05) is 49.9 Å². The molecule has 3 heterocycles. The molecule has 3 aromatic rings. The first-order valence-corrected chi connectivity index (χ1v) is 10.3. The minimum absolute atomic E-state index is 0.101. The molecule has 12 heteroatoms. The van der Waals surface area contributed by atoms with Gasteiger partial charge in [-0.15, -0.1) is 0 Å². The summed E-state index contributed by atoms with van der Waals surface area (Å²) in [6.45, 7) is 4.99. The topological polar surface area (TPSA) is 97.4 Å². The highest BCUT2D eigenvalue weighted by atomic mass is 19.4. The number of carbonyl (C=O) groups is 1. The summed E-state index contributed by atoms with van der Waals surface area (Å²) in [7, 11) is 0. The van der Waals surface area contributed by atoms with Crippen LogP contribution in [0, 0.1) is 10.1 Å². The Labute approximate surface area is 186 Å². The molecule has 0 atom stereocenters. The van der Waals surface area contributed by atoms with Crippen LogP contribution >= 0.6 is 0 Å². The minimum Gasteiger partial charge on any atom is -0.362 e. The fourth-order valence-corrected chi connectivity index (χ4v) is 3.88. The SMILES string of the molecule is CC(C)n1ncc2cc(C(=O)N3CCN(c4ccc(C(F)(F)F)cc4[N+](=O)[O-])CC3)cnc21. The van der Waals surface area contributed by atoms with Crippen LogP contribution in [0.15, 0.2) is 36.7 Å². The van der Waals surface area contributed by atoms with Gasteiger partial charge >= 0.3 is 6.18 Å². The average Bonchev–Trinajstić information content (AvgIpc) is 3.21. The van der Waals surface area contributed by atoms with Crippen LogP contribution < -0.4 is 4.90 Å². The fraction of sp³-hybridized carbons (Fsp3) is 0.381. The lowest BCUT2D eigenvalue weighted by Gasteiger charge is -2.35. The van der Waals surface area contributed by atoms with Gasteiger partial charge in [-0.25, -0.2) is 9.67 Å². The lowest BCUT2D eigenvalue weighted by Crippen LogP contribution is -2.49. The molecule has 0 aliphatic carbocycles. The van der Waals surface area contributed by atoms with Crippen LogP contribution in [0.3, 0.4) is 0 Å². The third-order valence-corrected chi connectivity index (χ3v) is 5.58. The molecule has 1 aromatic carbocycles. The Morgan fingerprint density at radius 1 is 1.12 bits per heavy atom. The van der Waals surface area contributed by atoms with Gasteiger partial charge in [0.15, 0.2) is 5.65 Å². The van der Waals surface area contributed by atoms with Crippen molar-refractivity contribution in [2.24, 2.45) is 0 Å². The zero-order chi connectivity index (χ0) is 23.9. The number of pyridine rings is 1. The number of piperazine rings is 1. The van der Waals surface area contributed by atoms with Gasteiger partial charge in [-0.05, 0) is 32.0 Å². The normalized spacial score (nSPS) is 14.8. The molecule has 0 unspecified atom stereocenters. The number of amides is 1. The minimum atomic E-state index is -4.67. The maximum absolute atomic E-state index is 13.0. The molecule has 33 heavy (non-hydrogen) atoms. The molecule has 0 spiro atoms. The third kappa shape index (κ3) is 4.32. The summed E-state index contributed by atoms with van der Waals surface area (Å²) in [6.07, 6.45) is -1.52. The van der Waals surface area contributed by atoms with Crippen molar-refractivity contribution in [3.05, 3.63) is 57.9 Å². The molecule has 1 aliphatic rings. The first kappa shape index (κ1) is 22.5. The number of hydrogen-bond acceptors (Lipinski definition) is 6. The standard InChI is InChI=1S/C21H21F3N6O3/c1-13(2)29-19-14(12-26-29)9-15(11-25-19)20(31)28-7-5-27(6-8-28)17-4-3-16(21(22,23)24)10-18(17)30(32)33/h3-4,9-13H,5-8H2,1-2H3. The molecule has 1 amide bonds. The predicted octanol–water partition coefficient (Wildman–Crippen LogP) is 3.90. The molecule has 1 aliphatic heterocycles. The molecule has 9 nitrogen and oxygen atoms in total. The Kier molecular flexibility index (Phi) is 5.68. The average molecular weight is 462 g/mol. The Morgan fingerprint density at radius 2 is 1.82 bits per heavy atom. The van der Waals surface area contributed by atoms with Crippen molar-refractivity contribution in [1.29, 1.82) is 0 Å². The quantitative estimate of drug-likeness (QED) is 0.431. The molecule has 0 bridgehead atoms. The van der Waals surface area contributed by atoms with Gasteiger partial charge < -0.3 is 9.80 Å². The number of alkyl halides is 3. The van der Waals surface area contributed by atoms with Crippen LogP contribution in [-0.2, 0) is 6.18 Å². The maximum atomic E-state index is 13.0. The number of anilines is 1. The molecular weight excluding hydrogens is 441 g/mol. The van der Waals surface area contributed by atoms with E-state index in [0.717, 1.165) is 17.5 Å². The number of nitrogens with zero attached hydrogens (tertiary/aromatic N) is 6. The summed E-state index contributed by atoms with van der Waals surface area (Å²) in [5, 5.41) is 16.4. The molecule has 1 fully saturated rings. The zero-order valence-electron chi connectivity index (χ0n) is 17.9. The number of hydrogen-bond donors (Lipinski definition) is 0. The number of carbonyl (C=O) groups excluding carboxylic acids is 1. The lowest BCUT2D eigenvalue weighted by atomic mass is 10.1. The van der Waals surface area contributed by atoms with Crippen molar-refractivity contribution in [1.82, 2.24) is 19.7 Å². The first-order chi connectivity index (χ1) is 15.6. The number of aromatic nitrogens is 3. The fourth-order valence-electron chi connectivity index (χ4n) is 3.88. The first-order valence-electron chi connectivity index (χ1n) is 10.3. The smallest absolute Gasteiger partial charge is 0.362 e. The van der Waals surface area contributed by atoms with Gasteiger partial charge in [-0.3, -0.25) is 14.9 Å². The van der Waals surface area contributed by atoms with E-state index in [1.165, 1.54) is 6.20 Å². The lowest BCUT2D eigenvalue weighted by molar-refractivity contribution is -0.384. The van der Waals surface area contributed by atoms with E-state index in [1.54, 1.807) is 26.7 Å². The molecule has 1 saturated heterocycles. The Hall–Kier alpha value is -3.70. The number of rotatable bonds is 4. The molecule has 0 N–H and O–H groups in total. The number of benzene rings is 1. The summed E-state index contributed by atoms with van der Waals surface area (Å²) < 4.78 is 40.6. The van der Waals surface area contributed by atoms with Crippen LogP contribution in [0.25, 0.3) is 11.0 Å². The molecule has 4 rings (SSSR count). The van der Waals surface area contributed by atoms with Crippen molar-refractivity contribution in [3.63, 3.8) is 0 Å². The van der Waals surface area contributed by atoms with Crippen molar-refractivity contribution in [2.45, 2.75) is 26.1 Å². The summed E-state index contributed by atoms with van der Waals surface area (Å²) in [5.41, 5.74) is -0.498. The molecule has 0 radical (unpaired) electrons. The summed E-state index contributed by atoms with van der Waals surface area (Å²) in [5.74, 6) is -0.233. The summed E-state index contributed by atoms with van der Waals surface area (Å²) >= 11 is 0. The highest BCUT2D eigenvalue weighted by molar-refractivity contribution is 5.97. The second kappa shape index (κ2) is 8.34. The van der Waals surface area contributed by atoms with Crippen LogP contribution in [-0.4, -0.2) is 56.7 Å². The highest BCUT2D eigenvalue weighted by Gasteiger charge is 2.34. The van der Waals surface area contributed by atoms with Crippen LogP contribution in [0.2, 0.25) is 0 Å². The Bertz CT molecular complexity index is 1220. The third-order valence-electron chi connectivity index (χ3n) is 5.58. The number of fused-ring (bicyclic) bond motifs is 1. The van der Waals surface area contributed by atoms with Gasteiger partial charge in [0.1, 0.15) is 5.69 Å². The summed E-state index contributed by atoms with van der Waals surface area (Å²) in [6, 6.07) is 4.34. The van der Waals surface area contributed by atoms with Gasteiger partial charge in [-0.2, -0.15) is 18.3 Å². The van der Waals surface area contributed by atoms with E-state index < -0.39 is 22.4 Å². The van der Waals surface area contributed by atoms with Crippen molar-refractivity contribution in [3.8, 4) is 0 Å². The monoisotopic (exact) mass is 462 g/mol. The van der Waals surface area contributed by atoms with E-state index in [-0.39, 0.29) is 43.8 Å². The van der Waals surface area contributed by atoms with Gasteiger partial charge in [-0.1, -0.05) is 0 Å². The van der Waals surface area contributed by atoms with E-state index >= 15 is 0 Å². The van der Waals surface area contributed by atoms with E-state index in [1.807, 2.05) is 13.8 Å². The van der Waals surface area contributed by atoms with E-state index in [0.29, 0.717) is 17.3 Å². The van der Waals surface area contributed by atoms with E-state index in [2.05, 4.69) is 10.1 Å². The van der Waals surface area contributed by atoms with Crippen molar-refractivity contribution >= 4 is 28.3 Å². The number of nitro benzene ring substituents is 1. The van der Waals surface area contributed by atoms with Crippen molar-refractivity contribution in [2.75, 3.05) is 31.1 Å². The van der Waals surface area contributed by atoms with Crippen LogP contribution in [0.1, 0.15) is 35.8 Å². The van der Waals surface area contributed by atoms with E-state index in [9.17, 15) is 28.1 Å². The van der Waals surface area contributed by atoms with Gasteiger partial charge in [0.2, 0.25) is 0 Å². The molecule has 0 saturated carbocycles. The number of nitro groups is 1. The summed E-state index contributed by atoms with van der Waals surface area (Å²) in [4.78, 5) is 31.1.